The van der Waals surface area contributed by atoms with E-state index in [0.29, 0.717) is 39.2 Å². The molecule has 0 saturated carbocycles. The maximum Gasteiger partial charge on any atom is 0.338 e. The van der Waals surface area contributed by atoms with E-state index in [1.165, 1.54) is 20.2 Å². The Hall–Kier alpha value is -4.07. The summed E-state index contributed by atoms with van der Waals surface area (Å²) in [5.41, 5.74) is 2.68. The van der Waals surface area contributed by atoms with Gasteiger partial charge in [-0.25, -0.2) is 4.79 Å². The van der Waals surface area contributed by atoms with Gasteiger partial charge in [-0.05, 0) is 42.8 Å². The summed E-state index contributed by atoms with van der Waals surface area (Å²) in [4.78, 5) is 36.0. The number of hydrogen-bond acceptors (Lipinski definition) is 7. The van der Waals surface area contributed by atoms with Gasteiger partial charge in [0.2, 0.25) is 0 Å². The van der Waals surface area contributed by atoms with E-state index in [1.807, 2.05) is 12.1 Å². The van der Waals surface area contributed by atoms with Gasteiger partial charge < -0.3 is 18.5 Å². The van der Waals surface area contributed by atoms with Crippen LogP contribution in [0.1, 0.15) is 17.3 Å². The van der Waals surface area contributed by atoms with Crippen LogP contribution in [0.15, 0.2) is 69.9 Å². The molecule has 0 amide bonds. The summed E-state index contributed by atoms with van der Waals surface area (Å²) in [6.07, 6.45) is 0. The molecule has 0 fully saturated rings. The van der Waals surface area contributed by atoms with Crippen molar-refractivity contribution in [3.05, 3.63) is 76.5 Å². The number of hydrogen-bond donors (Lipinski definition) is 0. The summed E-state index contributed by atoms with van der Waals surface area (Å²) in [7, 11) is 1.28. The zero-order valence-corrected chi connectivity index (χ0v) is 17.5. The lowest BCUT2D eigenvalue weighted by Gasteiger charge is -2.17. The minimum Gasteiger partial charge on any atom is -0.541 e. The Morgan fingerprint density at radius 1 is 1.00 bits per heavy atom. The van der Waals surface area contributed by atoms with Gasteiger partial charge >= 0.3 is 20.0 Å². The monoisotopic (exact) mass is 430 g/mol. The van der Waals surface area contributed by atoms with E-state index in [1.54, 1.807) is 43.3 Å². The van der Waals surface area contributed by atoms with E-state index in [0.717, 1.165) is 5.56 Å². The highest BCUT2D eigenvalue weighted by atomic mass is 16.5. The minimum absolute atomic E-state index is 0.205. The number of esters is 1. The van der Waals surface area contributed by atoms with Crippen molar-refractivity contribution in [2.45, 2.75) is 6.92 Å². The average Bonchev–Trinajstić information content (AvgIpc) is 2.80. The van der Waals surface area contributed by atoms with E-state index < -0.39 is 11.9 Å². The molecule has 7 nitrogen and oxygen atoms in total. The fourth-order valence-corrected chi connectivity index (χ4v) is 3.52. The summed E-state index contributed by atoms with van der Waals surface area (Å²) in [6, 6.07) is 16.8. The van der Waals surface area contributed by atoms with Gasteiger partial charge in [-0.3, -0.25) is 9.59 Å². The Bertz CT molecular complexity index is 1340. The van der Waals surface area contributed by atoms with Gasteiger partial charge in [0.1, 0.15) is 17.1 Å². The zero-order valence-electron chi connectivity index (χ0n) is 17.5. The van der Waals surface area contributed by atoms with Crippen molar-refractivity contribution in [3.63, 3.8) is 0 Å². The van der Waals surface area contributed by atoms with Gasteiger partial charge in [0.15, 0.2) is 12.0 Å². The molecule has 0 saturated heterocycles. The van der Waals surface area contributed by atoms with Crippen LogP contribution in [0.5, 0.6) is 5.75 Å². The normalized spacial score (nSPS) is 10.8. The lowest BCUT2D eigenvalue weighted by Crippen LogP contribution is -2.13. The van der Waals surface area contributed by atoms with Crippen molar-refractivity contribution in [1.29, 1.82) is 0 Å². The van der Waals surface area contributed by atoms with Crippen LogP contribution in [0.4, 0.5) is 0 Å². The number of fused-ring (bicyclic) bond motifs is 2. The van der Waals surface area contributed by atoms with Crippen molar-refractivity contribution in [3.8, 4) is 28.2 Å². The summed E-state index contributed by atoms with van der Waals surface area (Å²) in [6.45, 7) is 1.75. The molecule has 0 unspecified atom stereocenters. The Labute approximate surface area is 184 Å². The molecular formula is C24H19BO7. The topological polar surface area (TPSA) is 92.0 Å². The Kier molecular flexibility index (Phi) is 5.94. The first-order valence-corrected chi connectivity index (χ1v) is 9.98. The standard InChI is InChI=1S/C24H19BO7/c1-2-29-24(28)17-6-4-3-5-16(17)23-18-9-7-14(26)11-20(18)31-21-12-15(8-10-19(21)23)30-13-22(27)32-25/h3-12H,2,13,25H2,1H3. The fraction of sp³-hybridized carbons (Fsp3) is 0.125. The Morgan fingerprint density at radius 3 is 2.59 bits per heavy atom. The van der Waals surface area contributed by atoms with Crippen LogP contribution in [0.25, 0.3) is 33.4 Å². The molecule has 160 valence electrons. The SMILES string of the molecule is BOC(=O)COc1ccc2c(-c3ccccc3C(=O)OCC)c3ccc(=O)cc-3oc2c1. The number of carbonyl (C=O) groups is 2. The van der Waals surface area contributed by atoms with Crippen LogP contribution in [0, 0.1) is 0 Å². The predicted molar refractivity (Wildman–Crippen MR) is 121 cm³/mol. The van der Waals surface area contributed by atoms with Gasteiger partial charge in [-0.2, -0.15) is 0 Å². The minimum atomic E-state index is -0.513. The quantitative estimate of drug-likeness (QED) is 0.264. The van der Waals surface area contributed by atoms with Crippen LogP contribution in [-0.2, 0) is 14.2 Å². The third-order valence-electron chi connectivity index (χ3n) is 4.94. The smallest absolute Gasteiger partial charge is 0.338 e. The molecule has 1 aliphatic heterocycles. The largest absolute Gasteiger partial charge is 0.541 e. The molecule has 0 N–H and O–H groups in total. The fourth-order valence-electron chi connectivity index (χ4n) is 3.52. The van der Waals surface area contributed by atoms with E-state index in [2.05, 4.69) is 4.65 Å². The highest BCUT2D eigenvalue weighted by molar-refractivity contribution is 6.08. The van der Waals surface area contributed by atoms with E-state index >= 15 is 0 Å². The Balaban J connectivity index is 1.96. The molecule has 0 atom stereocenters. The van der Waals surface area contributed by atoms with Crippen molar-refractivity contribution in [2.24, 2.45) is 0 Å². The van der Waals surface area contributed by atoms with Gasteiger partial charge in [-0.1, -0.05) is 18.2 Å². The molecule has 2 aromatic carbocycles. The third kappa shape index (κ3) is 4.07. The van der Waals surface area contributed by atoms with Gasteiger partial charge in [0, 0.05) is 28.6 Å². The highest BCUT2D eigenvalue weighted by Crippen LogP contribution is 2.42. The van der Waals surface area contributed by atoms with Crippen molar-refractivity contribution < 1.29 is 28.1 Å². The van der Waals surface area contributed by atoms with Crippen molar-refractivity contribution in [1.82, 2.24) is 0 Å². The molecule has 0 radical (unpaired) electrons. The molecule has 0 bridgehead atoms. The van der Waals surface area contributed by atoms with Crippen LogP contribution >= 0.6 is 0 Å². The number of ether oxygens (including phenoxy) is 2. The third-order valence-corrected chi connectivity index (χ3v) is 4.94. The summed E-state index contributed by atoms with van der Waals surface area (Å²) in [5, 5.41) is 0.707. The van der Waals surface area contributed by atoms with E-state index in [-0.39, 0.29) is 18.6 Å². The number of carbonyl (C=O) groups excluding carboxylic acids is 2. The molecule has 2 aliphatic rings. The highest BCUT2D eigenvalue weighted by Gasteiger charge is 2.22. The lowest BCUT2D eigenvalue weighted by molar-refractivity contribution is -0.136. The average molecular weight is 430 g/mol. The molecule has 1 aliphatic carbocycles. The van der Waals surface area contributed by atoms with Crippen LogP contribution in [-0.4, -0.2) is 33.2 Å². The van der Waals surface area contributed by atoms with Crippen LogP contribution < -0.4 is 10.2 Å². The van der Waals surface area contributed by atoms with Crippen LogP contribution in [0.2, 0.25) is 0 Å². The molecule has 0 aromatic heterocycles. The van der Waals surface area contributed by atoms with Gasteiger partial charge in [0.05, 0.1) is 12.2 Å². The molecule has 4 rings (SSSR count). The second-order valence-corrected chi connectivity index (χ2v) is 6.92. The maximum absolute atomic E-state index is 12.6. The van der Waals surface area contributed by atoms with E-state index in [9.17, 15) is 14.4 Å². The molecular weight excluding hydrogens is 411 g/mol. The number of rotatable bonds is 6. The lowest BCUT2D eigenvalue weighted by atomic mass is 9.91. The molecule has 2 aromatic rings. The predicted octanol–water partition coefficient (Wildman–Crippen LogP) is 3.21. The Morgan fingerprint density at radius 2 is 1.81 bits per heavy atom. The molecule has 1 heterocycles. The first kappa shape index (κ1) is 21.2. The van der Waals surface area contributed by atoms with Gasteiger partial charge in [-0.15, -0.1) is 0 Å². The zero-order chi connectivity index (χ0) is 22.7. The first-order chi connectivity index (χ1) is 15.5. The molecule has 32 heavy (non-hydrogen) atoms. The number of benzene rings is 3. The summed E-state index contributed by atoms with van der Waals surface area (Å²) >= 11 is 0. The van der Waals surface area contributed by atoms with Crippen LogP contribution in [0.3, 0.4) is 0 Å². The molecule has 8 heteroatoms. The summed E-state index contributed by atoms with van der Waals surface area (Å²) < 4.78 is 21.3. The maximum atomic E-state index is 12.6. The second-order valence-electron chi connectivity index (χ2n) is 6.92. The van der Waals surface area contributed by atoms with Gasteiger partial charge in [0.25, 0.3) is 0 Å². The molecule has 0 spiro atoms. The van der Waals surface area contributed by atoms with E-state index in [4.69, 9.17) is 13.9 Å². The first-order valence-electron chi connectivity index (χ1n) is 9.98. The van der Waals surface area contributed by atoms with Crippen molar-refractivity contribution in [2.75, 3.05) is 13.2 Å². The summed E-state index contributed by atoms with van der Waals surface area (Å²) in [5.74, 6) is -0.193. The van der Waals surface area contributed by atoms with Crippen molar-refractivity contribution >= 4 is 31.0 Å². The second kappa shape index (κ2) is 8.97.